The number of para-hydroxylation sites is 1. The molecule has 0 unspecified atom stereocenters. The number of nitrogens with two attached hydrogens (primary N) is 1. The van der Waals surface area contributed by atoms with E-state index in [-0.39, 0.29) is 28.9 Å². The van der Waals surface area contributed by atoms with Crippen LogP contribution < -0.4 is 10.5 Å². The zero-order valence-corrected chi connectivity index (χ0v) is 27.8. The summed E-state index contributed by atoms with van der Waals surface area (Å²) in [7, 11) is 0. The van der Waals surface area contributed by atoms with Crippen LogP contribution in [0, 0.1) is 17.1 Å². The minimum absolute atomic E-state index is 0.116. The van der Waals surface area contributed by atoms with Crippen LogP contribution in [0.3, 0.4) is 0 Å². The number of benzene rings is 2. The number of nitrogen functional groups attached to an aromatic ring is 1. The average Bonchev–Trinajstić information content (AvgIpc) is 3.51. The second-order valence-electron chi connectivity index (χ2n) is 13.4. The van der Waals surface area contributed by atoms with Crippen LogP contribution in [0.2, 0.25) is 0 Å². The van der Waals surface area contributed by atoms with Gasteiger partial charge in [0.15, 0.2) is 5.65 Å². The first kappa shape index (κ1) is 32.6. The van der Waals surface area contributed by atoms with Gasteiger partial charge in [0.25, 0.3) is 5.91 Å². The monoisotopic (exact) mass is 665 g/mol. The van der Waals surface area contributed by atoms with Gasteiger partial charge in [-0.05, 0) is 57.0 Å². The van der Waals surface area contributed by atoms with E-state index in [4.69, 9.17) is 20.3 Å². The maximum atomic E-state index is 15.7. The van der Waals surface area contributed by atoms with E-state index >= 15 is 4.39 Å². The highest BCUT2D eigenvalue weighted by molar-refractivity contribution is 5.99. The van der Waals surface area contributed by atoms with E-state index < -0.39 is 11.4 Å². The van der Waals surface area contributed by atoms with E-state index in [0.717, 1.165) is 32.8 Å². The zero-order chi connectivity index (χ0) is 34.1. The topological polar surface area (TPSA) is 139 Å². The van der Waals surface area contributed by atoms with Crippen LogP contribution in [0.1, 0.15) is 32.7 Å². The summed E-state index contributed by atoms with van der Waals surface area (Å²) in [6.45, 7) is 9.89. The largest absolute Gasteiger partial charge is 0.457 e. The third-order valence-corrected chi connectivity index (χ3v) is 9.82. The minimum Gasteiger partial charge on any atom is -0.457 e. The number of rotatable bonds is 7. The summed E-state index contributed by atoms with van der Waals surface area (Å²) in [6.07, 6.45) is 4.57. The lowest BCUT2D eigenvalue weighted by atomic mass is 9.95. The smallest absolute Gasteiger partial charge is 0.264 e. The van der Waals surface area contributed by atoms with Gasteiger partial charge in [-0.25, -0.2) is 19.0 Å². The Bertz CT molecular complexity index is 1920. The summed E-state index contributed by atoms with van der Waals surface area (Å²) in [5.74, 6) is 0.264. The Morgan fingerprint density at radius 1 is 1.08 bits per heavy atom. The molecule has 3 saturated heterocycles. The maximum absolute atomic E-state index is 15.7. The average molecular weight is 666 g/mol. The molecule has 0 spiro atoms. The molecule has 5 heterocycles. The Morgan fingerprint density at radius 2 is 1.92 bits per heavy atom. The molecular weight excluding hydrogens is 625 g/mol. The van der Waals surface area contributed by atoms with Crippen LogP contribution in [0.25, 0.3) is 22.3 Å². The highest BCUT2D eigenvalue weighted by Crippen LogP contribution is 2.36. The third kappa shape index (κ3) is 6.59. The van der Waals surface area contributed by atoms with Crippen molar-refractivity contribution in [1.82, 2.24) is 34.4 Å². The number of nitriles is 1. The number of amides is 1. The molecule has 254 valence electrons. The van der Waals surface area contributed by atoms with Crippen molar-refractivity contribution in [2.24, 2.45) is 0 Å². The Labute approximate surface area is 284 Å². The van der Waals surface area contributed by atoms with Crippen molar-refractivity contribution in [1.29, 1.82) is 5.26 Å². The van der Waals surface area contributed by atoms with Gasteiger partial charge in [0.1, 0.15) is 46.8 Å². The molecule has 49 heavy (non-hydrogen) atoms. The van der Waals surface area contributed by atoms with Crippen molar-refractivity contribution in [2.75, 3.05) is 58.2 Å². The van der Waals surface area contributed by atoms with Gasteiger partial charge >= 0.3 is 0 Å². The van der Waals surface area contributed by atoms with Gasteiger partial charge in [0.2, 0.25) is 0 Å². The van der Waals surface area contributed by atoms with Gasteiger partial charge in [-0.15, -0.1) is 0 Å². The van der Waals surface area contributed by atoms with Crippen molar-refractivity contribution >= 4 is 22.8 Å². The molecular formula is C36H40FN9O3. The normalized spacial score (nSPS) is 20.9. The van der Waals surface area contributed by atoms with Crippen molar-refractivity contribution in [2.45, 2.75) is 44.3 Å². The third-order valence-electron chi connectivity index (χ3n) is 9.82. The van der Waals surface area contributed by atoms with Crippen molar-refractivity contribution in [3.63, 3.8) is 0 Å². The Hall–Kier alpha value is -4.90. The molecule has 2 atom stereocenters. The van der Waals surface area contributed by atoms with Gasteiger partial charge in [0.05, 0.1) is 24.6 Å². The Balaban J connectivity index is 1.13. The van der Waals surface area contributed by atoms with Gasteiger partial charge < -0.3 is 20.1 Å². The number of hydrogen-bond donors (Lipinski definition) is 1. The molecule has 12 nitrogen and oxygen atoms in total. The Kier molecular flexibility index (Phi) is 9.02. The fourth-order valence-electron chi connectivity index (χ4n) is 7.18. The molecule has 2 aromatic heterocycles. The molecule has 7 rings (SSSR count). The number of carbonyl (C=O) groups is 1. The summed E-state index contributed by atoms with van der Waals surface area (Å²) >= 11 is 0. The number of piperazine rings is 1. The lowest BCUT2D eigenvalue weighted by Gasteiger charge is -2.48. The first-order valence-corrected chi connectivity index (χ1v) is 16.7. The number of nitrogens with zero attached hydrogens (tertiary/aromatic N) is 8. The van der Waals surface area contributed by atoms with Crippen LogP contribution in [0.4, 0.5) is 10.2 Å². The molecule has 3 aliphatic heterocycles. The van der Waals surface area contributed by atoms with Crippen LogP contribution in [-0.2, 0) is 9.53 Å². The molecule has 2 aromatic carbocycles. The molecule has 4 aromatic rings. The van der Waals surface area contributed by atoms with Gasteiger partial charge in [-0.2, -0.15) is 10.4 Å². The predicted molar refractivity (Wildman–Crippen MR) is 182 cm³/mol. The van der Waals surface area contributed by atoms with Gasteiger partial charge in [-0.1, -0.05) is 18.2 Å². The second-order valence-corrected chi connectivity index (χ2v) is 13.4. The molecule has 3 fully saturated rings. The fourth-order valence-corrected chi connectivity index (χ4v) is 7.18. The number of morpholine rings is 1. The van der Waals surface area contributed by atoms with E-state index in [1.807, 2.05) is 24.3 Å². The number of likely N-dealkylation sites (tertiary alicyclic amines) is 1. The number of halogens is 1. The van der Waals surface area contributed by atoms with Crippen LogP contribution in [0.5, 0.6) is 11.5 Å². The maximum Gasteiger partial charge on any atom is 0.264 e. The number of carbonyl (C=O) groups excluding carboxylic acids is 1. The van der Waals surface area contributed by atoms with E-state index in [0.29, 0.717) is 66.8 Å². The van der Waals surface area contributed by atoms with E-state index in [2.05, 4.69) is 39.7 Å². The lowest BCUT2D eigenvalue weighted by molar-refractivity contribution is -0.128. The zero-order valence-electron chi connectivity index (χ0n) is 27.8. The van der Waals surface area contributed by atoms with Crippen LogP contribution >= 0.6 is 0 Å². The minimum atomic E-state index is -0.535. The number of aromatic nitrogens is 4. The summed E-state index contributed by atoms with van der Waals surface area (Å²) in [5, 5.41) is 15.5. The highest BCUT2D eigenvalue weighted by atomic mass is 19.1. The van der Waals surface area contributed by atoms with E-state index in [9.17, 15) is 10.1 Å². The predicted octanol–water partition coefficient (Wildman–Crippen LogP) is 4.42. The van der Waals surface area contributed by atoms with Crippen molar-refractivity contribution in [3.8, 4) is 28.8 Å². The van der Waals surface area contributed by atoms with Crippen LogP contribution in [0.15, 0.2) is 66.5 Å². The summed E-state index contributed by atoms with van der Waals surface area (Å²) in [5.41, 5.74) is 6.93. The van der Waals surface area contributed by atoms with E-state index in [1.165, 1.54) is 12.4 Å². The highest BCUT2D eigenvalue weighted by Gasteiger charge is 2.37. The quantitative estimate of drug-likeness (QED) is 0.223. The molecule has 0 saturated carbocycles. The van der Waals surface area contributed by atoms with E-state index in [1.54, 1.807) is 33.8 Å². The first-order valence-electron chi connectivity index (χ1n) is 16.7. The SMILES string of the molecule is CC(C)(/C=C(/C#N)C(=O)N1CCC[C@H](n2nc(-c3ccc(Oc4ccccc4)cc3F)c3c(N)ncnc32)C1)N1CCN2CCOC[C@H]2C1. The van der Waals surface area contributed by atoms with Crippen molar-refractivity contribution < 1.29 is 18.7 Å². The molecule has 0 bridgehead atoms. The molecule has 2 N–H and O–H groups in total. The van der Waals surface area contributed by atoms with Gasteiger partial charge in [-0.3, -0.25) is 14.6 Å². The number of anilines is 1. The number of piperidine rings is 1. The standard InChI is InChI=1S/C36H40FN9O3/c1-36(2,45-14-13-43-15-16-48-22-26(43)21-45)18-24(19-38)35(47)44-12-6-7-25(20-44)46-34-31(33(39)40-23-41-34)32(42-46)29-11-10-28(17-30(29)37)49-27-8-4-3-5-9-27/h3-5,8-11,17-18,23,25-26H,6-7,12-16,20-22H2,1-2H3,(H2,39,40,41)/b24-18-/t25-,26+/m0/s1. The van der Waals surface area contributed by atoms with Crippen LogP contribution in [-0.4, -0.2) is 104 Å². The molecule has 1 amide bonds. The second kappa shape index (κ2) is 13.5. The lowest BCUT2D eigenvalue weighted by Crippen LogP contribution is -2.61. The molecule has 3 aliphatic rings. The Morgan fingerprint density at radius 3 is 2.71 bits per heavy atom. The first-order chi connectivity index (χ1) is 23.7. The molecule has 0 radical (unpaired) electrons. The fraction of sp³-hybridized carbons (Fsp3) is 0.417. The molecule has 13 heteroatoms. The summed E-state index contributed by atoms with van der Waals surface area (Å²) in [4.78, 5) is 29.1. The summed E-state index contributed by atoms with van der Waals surface area (Å²) in [6, 6.07) is 16.0. The van der Waals surface area contributed by atoms with Gasteiger partial charge in [0, 0.05) is 62.5 Å². The number of ether oxygens (including phenoxy) is 2. The number of fused-ring (bicyclic) bond motifs is 2. The van der Waals surface area contributed by atoms with Crippen molar-refractivity contribution in [3.05, 3.63) is 72.3 Å². The number of hydrogen-bond acceptors (Lipinski definition) is 10. The molecule has 0 aliphatic carbocycles. The summed E-state index contributed by atoms with van der Waals surface area (Å²) < 4.78 is 28.9.